The summed E-state index contributed by atoms with van der Waals surface area (Å²) in [6.45, 7) is 1.50. The third-order valence-corrected chi connectivity index (χ3v) is 0.806. The molecule has 0 heterocycles. The van der Waals surface area contributed by atoms with Crippen molar-refractivity contribution in [2.45, 2.75) is 19.8 Å². The average Bonchev–Trinajstić information content (AvgIpc) is 1.83. The lowest BCUT2D eigenvalue weighted by Gasteiger charge is -1.86. The molecule has 0 unspecified atom stereocenters. The molecular weight excluding hydrogens is 107 g/mol. The zero-order valence-corrected chi connectivity index (χ0v) is 5.02. The SMILES string of the molecule is CCCC=C(F)CO. The number of halogens is 1. The standard InChI is InChI=1S/C6H11FO/c1-2-3-4-6(7)5-8/h4,8H,2-3,5H2,1H3. The van der Waals surface area contributed by atoms with Gasteiger partial charge in [0.2, 0.25) is 0 Å². The molecule has 2 heteroatoms. The summed E-state index contributed by atoms with van der Waals surface area (Å²) in [5.74, 6) is -0.424. The second-order valence-electron chi connectivity index (χ2n) is 1.60. The second kappa shape index (κ2) is 4.78. The smallest absolute Gasteiger partial charge is 0.121 e. The van der Waals surface area contributed by atoms with E-state index in [2.05, 4.69) is 0 Å². The van der Waals surface area contributed by atoms with Crippen LogP contribution in [0, 0.1) is 0 Å². The molecule has 0 rings (SSSR count). The Morgan fingerprint density at radius 2 is 2.38 bits per heavy atom. The van der Waals surface area contributed by atoms with Crippen LogP contribution in [0.1, 0.15) is 19.8 Å². The van der Waals surface area contributed by atoms with E-state index in [0.29, 0.717) is 6.42 Å². The van der Waals surface area contributed by atoms with Crippen LogP contribution in [0.2, 0.25) is 0 Å². The van der Waals surface area contributed by atoms with E-state index in [1.807, 2.05) is 6.92 Å². The Balaban J connectivity index is 3.26. The first-order valence-electron chi connectivity index (χ1n) is 2.76. The quantitative estimate of drug-likeness (QED) is 0.597. The van der Waals surface area contributed by atoms with Crippen LogP contribution in [0.5, 0.6) is 0 Å². The second-order valence-corrected chi connectivity index (χ2v) is 1.60. The number of allylic oxidation sites excluding steroid dienone is 1. The molecule has 8 heavy (non-hydrogen) atoms. The molecule has 0 aliphatic rings. The predicted octanol–water partition coefficient (Wildman–Crippen LogP) is 1.63. The van der Waals surface area contributed by atoms with Crippen LogP contribution >= 0.6 is 0 Å². The fraction of sp³-hybridized carbons (Fsp3) is 0.667. The van der Waals surface area contributed by atoms with Gasteiger partial charge in [0.05, 0.1) is 6.61 Å². The van der Waals surface area contributed by atoms with Gasteiger partial charge in [-0.3, -0.25) is 0 Å². The number of hydrogen-bond acceptors (Lipinski definition) is 1. The fourth-order valence-electron chi connectivity index (χ4n) is 0.366. The van der Waals surface area contributed by atoms with Crippen molar-refractivity contribution in [2.24, 2.45) is 0 Å². The molecule has 48 valence electrons. The van der Waals surface area contributed by atoms with Gasteiger partial charge in [-0.05, 0) is 6.42 Å². The Morgan fingerprint density at radius 3 is 2.75 bits per heavy atom. The minimum atomic E-state index is -0.458. The van der Waals surface area contributed by atoms with Gasteiger partial charge in [0.25, 0.3) is 0 Å². The zero-order valence-electron chi connectivity index (χ0n) is 5.02. The first-order chi connectivity index (χ1) is 3.81. The van der Waals surface area contributed by atoms with E-state index in [1.54, 1.807) is 0 Å². The minimum absolute atomic E-state index is 0.424. The monoisotopic (exact) mass is 118 g/mol. The first-order valence-corrected chi connectivity index (χ1v) is 2.76. The molecule has 0 saturated carbocycles. The van der Waals surface area contributed by atoms with Crippen LogP contribution in [0.4, 0.5) is 4.39 Å². The maximum atomic E-state index is 11.9. The van der Waals surface area contributed by atoms with Crippen molar-refractivity contribution in [1.29, 1.82) is 0 Å². The number of rotatable bonds is 3. The first kappa shape index (κ1) is 7.63. The molecule has 0 saturated heterocycles. The summed E-state index contributed by atoms with van der Waals surface area (Å²) in [6.07, 6.45) is 3.04. The maximum Gasteiger partial charge on any atom is 0.121 e. The highest BCUT2D eigenvalue weighted by Gasteiger charge is 1.85. The summed E-state index contributed by atoms with van der Waals surface area (Å²) in [5.41, 5.74) is 0. The molecule has 1 nitrogen and oxygen atoms in total. The van der Waals surface area contributed by atoms with Crippen molar-refractivity contribution in [3.05, 3.63) is 11.9 Å². The molecule has 0 aromatic rings. The number of unbranched alkanes of at least 4 members (excludes halogenated alkanes) is 1. The molecule has 0 aromatic heterocycles. The average molecular weight is 118 g/mol. The van der Waals surface area contributed by atoms with Crippen LogP contribution in [-0.4, -0.2) is 11.7 Å². The summed E-state index contributed by atoms with van der Waals surface area (Å²) < 4.78 is 11.9. The van der Waals surface area contributed by atoms with Gasteiger partial charge in [-0.1, -0.05) is 19.4 Å². The normalized spacial score (nSPS) is 12.1. The van der Waals surface area contributed by atoms with Gasteiger partial charge < -0.3 is 5.11 Å². The number of aliphatic hydroxyl groups excluding tert-OH is 1. The third-order valence-electron chi connectivity index (χ3n) is 0.806. The van der Waals surface area contributed by atoms with Crippen LogP contribution in [0.3, 0.4) is 0 Å². The minimum Gasteiger partial charge on any atom is -0.389 e. The van der Waals surface area contributed by atoms with Gasteiger partial charge >= 0.3 is 0 Å². The Kier molecular flexibility index (Phi) is 4.56. The van der Waals surface area contributed by atoms with Crippen molar-refractivity contribution >= 4 is 0 Å². The molecule has 0 atom stereocenters. The van der Waals surface area contributed by atoms with Crippen LogP contribution < -0.4 is 0 Å². The Labute approximate surface area is 48.8 Å². The fourth-order valence-corrected chi connectivity index (χ4v) is 0.366. The van der Waals surface area contributed by atoms with Crippen LogP contribution in [-0.2, 0) is 0 Å². The van der Waals surface area contributed by atoms with Gasteiger partial charge in [-0.2, -0.15) is 0 Å². The summed E-state index contributed by atoms with van der Waals surface area (Å²) in [7, 11) is 0. The molecule has 0 aromatic carbocycles. The van der Waals surface area contributed by atoms with Crippen molar-refractivity contribution in [3.8, 4) is 0 Å². The van der Waals surface area contributed by atoms with E-state index >= 15 is 0 Å². The molecule has 1 N–H and O–H groups in total. The molecule has 0 aliphatic heterocycles. The highest BCUT2D eigenvalue weighted by molar-refractivity contribution is 4.90. The van der Waals surface area contributed by atoms with Crippen molar-refractivity contribution < 1.29 is 9.50 Å². The van der Waals surface area contributed by atoms with Gasteiger partial charge in [0, 0.05) is 0 Å². The molecule has 0 fully saturated rings. The van der Waals surface area contributed by atoms with E-state index in [9.17, 15) is 4.39 Å². The van der Waals surface area contributed by atoms with Gasteiger partial charge in [0.15, 0.2) is 0 Å². The largest absolute Gasteiger partial charge is 0.389 e. The Morgan fingerprint density at radius 1 is 1.75 bits per heavy atom. The van der Waals surface area contributed by atoms with Crippen molar-refractivity contribution in [3.63, 3.8) is 0 Å². The van der Waals surface area contributed by atoms with Crippen molar-refractivity contribution in [1.82, 2.24) is 0 Å². The van der Waals surface area contributed by atoms with Gasteiger partial charge in [-0.25, -0.2) is 4.39 Å². The van der Waals surface area contributed by atoms with Crippen molar-refractivity contribution in [2.75, 3.05) is 6.61 Å². The zero-order chi connectivity index (χ0) is 6.41. The maximum absolute atomic E-state index is 11.9. The highest BCUT2D eigenvalue weighted by Crippen LogP contribution is 1.97. The molecule has 0 radical (unpaired) electrons. The van der Waals surface area contributed by atoms with E-state index in [-0.39, 0.29) is 0 Å². The molecule has 0 amide bonds. The molecule has 0 spiro atoms. The molecular formula is C6H11FO. The predicted molar refractivity (Wildman–Crippen MR) is 31.2 cm³/mol. The van der Waals surface area contributed by atoms with Gasteiger partial charge in [-0.15, -0.1) is 0 Å². The Hall–Kier alpha value is -0.370. The van der Waals surface area contributed by atoms with E-state index in [4.69, 9.17) is 5.11 Å². The lowest BCUT2D eigenvalue weighted by atomic mass is 10.3. The Bertz CT molecular complexity index is 78.6. The molecule has 0 aliphatic carbocycles. The van der Waals surface area contributed by atoms with Crippen LogP contribution in [0.25, 0.3) is 0 Å². The number of aliphatic hydroxyl groups is 1. The lowest BCUT2D eigenvalue weighted by Crippen LogP contribution is -1.80. The summed E-state index contributed by atoms with van der Waals surface area (Å²) in [5, 5.41) is 8.12. The highest BCUT2D eigenvalue weighted by atomic mass is 19.1. The summed E-state index contributed by atoms with van der Waals surface area (Å²) >= 11 is 0. The summed E-state index contributed by atoms with van der Waals surface area (Å²) in [6, 6.07) is 0. The lowest BCUT2D eigenvalue weighted by molar-refractivity contribution is 0.297. The molecule has 0 bridgehead atoms. The van der Waals surface area contributed by atoms with Crippen LogP contribution in [0.15, 0.2) is 11.9 Å². The van der Waals surface area contributed by atoms with E-state index < -0.39 is 12.4 Å². The number of hydrogen-bond donors (Lipinski definition) is 1. The van der Waals surface area contributed by atoms with Gasteiger partial charge in [0.1, 0.15) is 5.83 Å². The van der Waals surface area contributed by atoms with E-state index in [0.717, 1.165) is 6.42 Å². The summed E-state index contributed by atoms with van der Waals surface area (Å²) in [4.78, 5) is 0. The third kappa shape index (κ3) is 3.81. The topological polar surface area (TPSA) is 20.2 Å². The van der Waals surface area contributed by atoms with E-state index in [1.165, 1.54) is 6.08 Å².